The van der Waals surface area contributed by atoms with Crippen LogP contribution in [-0.4, -0.2) is 26.0 Å². The minimum Gasteiger partial charge on any atom is -0.478 e. The van der Waals surface area contributed by atoms with Gasteiger partial charge in [-0.25, -0.2) is 9.78 Å². The van der Waals surface area contributed by atoms with Crippen molar-refractivity contribution in [2.24, 2.45) is 0 Å². The first-order valence-corrected chi connectivity index (χ1v) is 8.85. The van der Waals surface area contributed by atoms with Crippen molar-refractivity contribution in [3.8, 4) is 22.3 Å². The van der Waals surface area contributed by atoms with Crippen LogP contribution < -0.4 is 0 Å². The minimum absolute atomic E-state index is 0.271. The summed E-state index contributed by atoms with van der Waals surface area (Å²) in [6.45, 7) is 0. The van der Waals surface area contributed by atoms with E-state index in [0.29, 0.717) is 0 Å². The van der Waals surface area contributed by atoms with Crippen LogP contribution in [0.5, 0.6) is 0 Å². The van der Waals surface area contributed by atoms with Gasteiger partial charge in [0.1, 0.15) is 5.65 Å². The Morgan fingerprint density at radius 3 is 2.54 bits per heavy atom. The second-order valence-corrected chi connectivity index (χ2v) is 6.62. The van der Waals surface area contributed by atoms with Gasteiger partial charge >= 0.3 is 5.97 Å². The third-order valence-electron chi connectivity index (χ3n) is 4.91. The molecular weight excluding hydrogens is 350 g/mol. The molecule has 3 aromatic heterocycles. The Balaban J connectivity index is 1.62. The number of aromatic amines is 1. The van der Waals surface area contributed by atoms with Crippen LogP contribution in [0.3, 0.4) is 0 Å². The number of nitrogens with zero attached hydrogens (tertiary/aromatic N) is 2. The summed E-state index contributed by atoms with van der Waals surface area (Å²) in [5, 5.41) is 11.2. The Labute approximate surface area is 160 Å². The van der Waals surface area contributed by atoms with Crippen molar-refractivity contribution in [2.75, 3.05) is 0 Å². The van der Waals surface area contributed by atoms with Crippen molar-refractivity contribution in [1.29, 1.82) is 0 Å². The van der Waals surface area contributed by atoms with E-state index >= 15 is 0 Å². The lowest BCUT2D eigenvalue weighted by Gasteiger charge is -2.05. The van der Waals surface area contributed by atoms with Crippen molar-refractivity contribution < 1.29 is 9.90 Å². The molecule has 5 nitrogen and oxygen atoms in total. The van der Waals surface area contributed by atoms with Crippen LogP contribution in [0.1, 0.15) is 10.4 Å². The summed E-state index contributed by atoms with van der Waals surface area (Å²) >= 11 is 0. The fourth-order valence-corrected chi connectivity index (χ4v) is 3.45. The molecule has 0 saturated heterocycles. The number of hydrogen-bond acceptors (Lipinski definition) is 3. The van der Waals surface area contributed by atoms with Gasteiger partial charge in [0.15, 0.2) is 0 Å². The van der Waals surface area contributed by atoms with Crippen molar-refractivity contribution in [2.45, 2.75) is 0 Å². The minimum atomic E-state index is -0.930. The highest BCUT2D eigenvalue weighted by Crippen LogP contribution is 2.32. The molecule has 5 heteroatoms. The zero-order valence-corrected chi connectivity index (χ0v) is 14.8. The van der Waals surface area contributed by atoms with Gasteiger partial charge in [-0.15, -0.1) is 0 Å². The molecule has 0 aliphatic carbocycles. The molecule has 0 aliphatic rings. The topological polar surface area (TPSA) is 78.9 Å². The highest BCUT2D eigenvalue weighted by atomic mass is 16.4. The lowest BCUT2D eigenvalue weighted by atomic mass is 10.0. The van der Waals surface area contributed by atoms with Crippen LogP contribution in [0, 0.1) is 0 Å². The number of carboxylic acids is 1. The molecule has 3 heterocycles. The number of aromatic nitrogens is 3. The first-order chi connectivity index (χ1) is 13.7. The van der Waals surface area contributed by atoms with Crippen LogP contribution in [0.4, 0.5) is 0 Å². The standard InChI is InChI=1S/C23H15N3O2/c27-23(28)15-5-3-14(4-6-15)20-13-26-22-19(20)11-18(12-25-22)16-7-8-21-17(10-16)2-1-9-24-21/h1-13H,(H,25,26)(H,27,28). The van der Waals surface area contributed by atoms with E-state index in [9.17, 15) is 4.79 Å². The number of rotatable bonds is 3. The molecule has 5 aromatic rings. The molecule has 0 amide bonds. The second kappa shape index (κ2) is 6.32. The number of fused-ring (bicyclic) bond motifs is 2. The van der Waals surface area contributed by atoms with Crippen LogP contribution in [-0.2, 0) is 0 Å². The summed E-state index contributed by atoms with van der Waals surface area (Å²) in [6.07, 6.45) is 5.55. The van der Waals surface area contributed by atoms with Gasteiger partial charge in [-0.3, -0.25) is 4.98 Å². The van der Waals surface area contributed by atoms with Gasteiger partial charge < -0.3 is 10.1 Å². The second-order valence-electron chi connectivity index (χ2n) is 6.62. The molecular formula is C23H15N3O2. The van der Waals surface area contributed by atoms with Gasteiger partial charge in [0.05, 0.1) is 11.1 Å². The molecule has 0 atom stereocenters. The zero-order chi connectivity index (χ0) is 19.1. The van der Waals surface area contributed by atoms with E-state index in [0.717, 1.165) is 44.2 Å². The lowest BCUT2D eigenvalue weighted by molar-refractivity contribution is 0.0697. The van der Waals surface area contributed by atoms with Crippen LogP contribution in [0.15, 0.2) is 79.3 Å². The fourth-order valence-electron chi connectivity index (χ4n) is 3.45. The fraction of sp³-hybridized carbons (Fsp3) is 0. The number of benzene rings is 2. The summed E-state index contributed by atoms with van der Waals surface area (Å²) in [4.78, 5) is 23.2. The lowest BCUT2D eigenvalue weighted by Crippen LogP contribution is -1.94. The first-order valence-electron chi connectivity index (χ1n) is 8.85. The maximum absolute atomic E-state index is 11.1. The zero-order valence-electron chi connectivity index (χ0n) is 14.8. The Morgan fingerprint density at radius 2 is 1.71 bits per heavy atom. The van der Waals surface area contributed by atoms with Gasteiger partial charge in [0.2, 0.25) is 0 Å². The largest absolute Gasteiger partial charge is 0.478 e. The number of carboxylic acid groups (broad SMARTS) is 1. The van der Waals surface area contributed by atoms with Gasteiger partial charge in [0.25, 0.3) is 0 Å². The van der Waals surface area contributed by atoms with E-state index < -0.39 is 5.97 Å². The van der Waals surface area contributed by atoms with Gasteiger partial charge in [-0.05, 0) is 47.5 Å². The van der Waals surface area contributed by atoms with E-state index in [1.807, 2.05) is 48.8 Å². The van der Waals surface area contributed by atoms with Gasteiger partial charge in [0, 0.05) is 40.5 Å². The summed E-state index contributed by atoms with van der Waals surface area (Å²) in [6, 6.07) is 19.1. The molecule has 0 radical (unpaired) electrons. The van der Waals surface area contributed by atoms with Gasteiger partial charge in [-0.2, -0.15) is 0 Å². The number of H-pyrrole nitrogens is 1. The summed E-state index contributed by atoms with van der Waals surface area (Å²) in [5.41, 5.74) is 6.04. The van der Waals surface area contributed by atoms with E-state index in [4.69, 9.17) is 5.11 Å². The van der Waals surface area contributed by atoms with Crippen molar-refractivity contribution in [3.63, 3.8) is 0 Å². The molecule has 0 unspecified atom stereocenters. The summed E-state index contributed by atoms with van der Waals surface area (Å²) in [5.74, 6) is -0.930. The molecule has 2 aromatic carbocycles. The van der Waals surface area contributed by atoms with E-state index in [2.05, 4.69) is 27.1 Å². The third-order valence-corrected chi connectivity index (χ3v) is 4.91. The molecule has 0 spiro atoms. The predicted molar refractivity (Wildman–Crippen MR) is 109 cm³/mol. The average molecular weight is 365 g/mol. The highest BCUT2D eigenvalue weighted by molar-refractivity contribution is 5.97. The number of aromatic carboxylic acids is 1. The van der Waals surface area contributed by atoms with E-state index in [-0.39, 0.29) is 5.56 Å². The number of carbonyl (C=O) groups is 1. The van der Waals surface area contributed by atoms with Gasteiger partial charge in [-0.1, -0.05) is 24.3 Å². The maximum atomic E-state index is 11.1. The maximum Gasteiger partial charge on any atom is 0.335 e. The molecule has 2 N–H and O–H groups in total. The molecule has 5 rings (SSSR count). The molecule has 28 heavy (non-hydrogen) atoms. The van der Waals surface area contributed by atoms with Crippen molar-refractivity contribution in [1.82, 2.24) is 15.0 Å². The third kappa shape index (κ3) is 2.70. The Hall–Kier alpha value is -3.99. The summed E-state index contributed by atoms with van der Waals surface area (Å²) < 4.78 is 0. The van der Waals surface area contributed by atoms with Crippen LogP contribution >= 0.6 is 0 Å². The quantitative estimate of drug-likeness (QED) is 0.464. The number of nitrogens with one attached hydrogen (secondary N) is 1. The molecule has 0 aliphatic heterocycles. The van der Waals surface area contributed by atoms with E-state index in [1.54, 1.807) is 18.3 Å². The predicted octanol–water partition coefficient (Wildman–Crippen LogP) is 5.14. The van der Waals surface area contributed by atoms with Crippen LogP contribution in [0.2, 0.25) is 0 Å². The number of hydrogen-bond donors (Lipinski definition) is 2. The molecule has 0 bridgehead atoms. The smallest absolute Gasteiger partial charge is 0.335 e. The molecule has 0 fully saturated rings. The number of pyridine rings is 2. The van der Waals surface area contributed by atoms with Crippen molar-refractivity contribution in [3.05, 3.63) is 84.8 Å². The Kier molecular flexibility index (Phi) is 3.66. The first kappa shape index (κ1) is 16.2. The highest BCUT2D eigenvalue weighted by Gasteiger charge is 2.10. The average Bonchev–Trinajstić information content (AvgIpc) is 3.16. The normalized spacial score (nSPS) is 11.1. The summed E-state index contributed by atoms with van der Waals surface area (Å²) in [7, 11) is 0. The molecule has 0 saturated carbocycles. The van der Waals surface area contributed by atoms with Crippen LogP contribution in [0.25, 0.3) is 44.2 Å². The Bertz CT molecular complexity index is 1340. The molecule has 134 valence electrons. The monoisotopic (exact) mass is 365 g/mol. The Morgan fingerprint density at radius 1 is 0.893 bits per heavy atom. The van der Waals surface area contributed by atoms with Crippen molar-refractivity contribution >= 4 is 27.9 Å². The van der Waals surface area contributed by atoms with E-state index in [1.165, 1.54) is 0 Å². The SMILES string of the molecule is O=C(O)c1ccc(-c2c[nH]c3ncc(-c4ccc5ncccc5c4)cc23)cc1.